The van der Waals surface area contributed by atoms with E-state index in [0.717, 1.165) is 24.7 Å². The van der Waals surface area contributed by atoms with Gasteiger partial charge in [0.25, 0.3) is 0 Å². The van der Waals surface area contributed by atoms with Crippen LogP contribution in [0, 0.1) is 56.7 Å². The lowest BCUT2D eigenvalue weighted by Gasteiger charge is -2.73. The number of carbonyl (C=O) groups is 1. The molecule has 2 N–H and O–H groups in total. The van der Waals surface area contributed by atoms with Crippen molar-refractivity contribution in [2.24, 2.45) is 56.7 Å². The van der Waals surface area contributed by atoms with E-state index in [4.69, 9.17) is 9.47 Å². The molecule has 0 aromatic heterocycles. The van der Waals surface area contributed by atoms with Crippen LogP contribution in [0.3, 0.4) is 0 Å². The molecule has 45 heavy (non-hydrogen) atoms. The molecule has 0 heterocycles. The average Bonchev–Trinajstić information content (AvgIpc) is 3.33. The second-order valence-electron chi connectivity index (χ2n) is 17.5. The second kappa shape index (κ2) is 10.8. The first-order chi connectivity index (χ1) is 21.0. The number of hydrogen-bond donors (Lipinski definition) is 2. The van der Waals surface area contributed by atoms with Gasteiger partial charge in [-0.1, -0.05) is 53.7 Å². The van der Waals surface area contributed by atoms with Crippen LogP contribution in [0.25, 0.3) is 6.08 Å². The number of benzene rings is 1. The van der Waals surface area contributed by atoms with Crippen LogP contribution in [-0.4, -0.2) is 29.4 Å². The molecule has 0 bridgehead atoms. The van der Waals surface area contributed by atoms with Gasteiger partial charge >= 0.3 is 5.97 Å². The number of ether oxygens (including phenoxy) is 2. The SMILES string of the molecule is C=C(C)[C@@H]1CC[C@]2(C)CC[C@@]3(C)[C@@H](CC[C@H]4[C@@]5(C)CC[C@H](OC(=O)/C=C/c6cc(O)c(O)c(OC)c6)C(C)(C)[C@H]5CC[C@]43C)[C@H]12. The molecule has 1 aromatic rings. The Morgan fingerprint density at radius 3 is 2.31 bits per heavy atom. The van der Waals surface area contributed by atoms with Crippen LogP contribution in [-0.2, 0) is 9.53 Å². The summed E-state index contributed by atoms with van der Waals surface area (Å²) in [5.74, 6) is 2.63. The number of phenols is 2. The van der Waals surface area contributed by atoms with Crippen molar-refractivity contribution in [1.82, 2.24) is 0 Å². The van der Waals surface area contributed by atoms with Crippen LogP contribution >= 0.6 is 0 Å². The summed E-state index contributed by atoms with van der Waals surface area (Å²) >= 11 is 0. The number of carbonyl (C=O) groups excluding carboxylic acids is 1. The van der Waals surface area contributed by atoms with Gasteiger partial charge in [-0.25, -0.2) is 4.79 Å². The molecule has 5 heteroatoms. The van der Waals surface area contributed by atoms with Gasteiger partial charge < -0.3 is 19.7 Å². The molecule has 0 amide bonds. The molecule has 10 atom stereocenters. The van der Waals surface area contributed by atoms with Gasteiger partial charge in [0.2, 0.25) is 5.75 Å². The van der Waals surface area contributed by atoms with Crippen LogP contribution in [0.2, 0.25) is 0 Å². The molecule has 5 nitrogen and oxygen atoms in total. The number of methoxy groups -OCH3 is 1. The maximum Gasteiger partial charge on any atom is 0.331 e. The fraction of sp³-hybridized carbons (Fsp3) is 0.725. The maximum atomic E-state index is 13.1. The predicted octanol–water partition coefficient (Wildman–Crippen LogP) is 9.71. The van der Waals surface area contributed by atoms with Gasteiger partial charge in [0.05, 0.1) is 7.11 Å². The van der Waals surface area contributed by atoms with Crippen LogP contribution in [0.4, 0.5) is 0 Å². The zero-order valence-electron chi connectivity index (χ0n) is 29.2. The van der Waals surface area contributed by atoms with Gasteiger partial charge in [-0.3, -0.25) is 0 Å². The first kappa shape index (κ1) is 32.5. The highest BCUT2D eigenvalue weighted by Crippen LogP contribution is 2.77. The van der Waals surface area contributed by atoms with Crippen LogP contribution < -0.4 is 4.74 Å². The number of rotatable bonds is 5. The summed E-state index contributed by atoms with van der Waals surface area (Å²) in [5.41, 5.74) is 3.23. The van der Waals surface area contributed by atoms with Crippen molar-refractivity contribution < 1.29 is 24.5 Å². The minimum atomic E-state index is -0.370. The molecule has 248 valence electrons. The van der Waals surface area contributed by atoms with E-state index in [9.17, 15) is 15.0 Å². The smallest absolute Gasteiger partial charge is 0.331 e. The first-order valence-corrected chi connectivity index (χ1v) is 17.7. The highest BCUT2D eigenvalue weighted by atomic mass is 16.5. The summed E-state index contributed by atoms with van der Waals surface area (Å²) in [7, 11) is 1.42. The molecule has 5 aliphatic carbocycles. The van der Waals surface area contributed by atoms with Crippen molar-refractivity contribution in [2.75, 3.05) is 7.11 Å². The van der Waals surface area contributed by atoms with E-state index in [1.165, 1.54) is 76.2 Å². The monoisotopic (exact) mass is 618 g/mol. The summed E-state index contributed by atoms with van der Waals surface area (Å²) in [4.78, 5) is 13.1. The van der Waals surface area contributed by atoms with Crippen molar-refractivity contribution in [3.63, 3.8) is 0 Å². The number of esters is 1. The Morgan fingerprint density at radius 1 is 0.889 bits per heavy atom. The van der Waals surface area contributed by atoms with Gasteiger partial charge in [0.15, 0.2) is 11.5 Å². The predicted molar refractivity (Wildman–Crippen MR) is 180 cm³/mol. The second-order valence-corrected chi connectivity index (χ2v) is 17.5. The van der Waals surface area contributed by atoms with Gasteiger partial charge in [0.1, 0.15) is 6.10 Å². The summed E-state index contributed by atoms with van der Waals surface area (Å²) in [6.45, 7) is 22.1. The van der Waals surface area contributed by atoms with E-state index in [1.807, 2.05) is 0 Å². The minimum Gasteiger partial charge on any atom is -0.504 e. The Morgan fingerprint density at radius 2 is 1.62 bits per heavy atom. The Kier molecular flexibility index (Phi) is 7.81. The van der Waals surface area contributed by atoms with E-state index in [0.29, 0.717) is 39.6 Å². The van der Waals surface area contributed by atoms with Gasteiger partial charge in [-0.05, 0) is 146 Å². The van der Waals surface area contributed by atoms with E-state index >= 15 is 0 Å². The fourth-order valence-corrected chi connectivity index (χ4v) is 12.9. The number of phenolic OH excluding ortho intramolecular Hbond substituents is 2. The Bertz CT molecular complexity index is 1390. The molecule has 0 unspecified atom stereocenters. The zero-order valence-corrected chi connectivity index (χ0v) is 29.2. The van der Waals surface area contributed by atoms with Gasteiger partial charge in [0, 0.05) is 11.5 Å². The molecule has 5 saturated carbocycles. The van der Waals surface area contributed by atoms with Crippen LogP contribution in [0.1, 0.15) is 118 Å². The molecule has 6 rings (SSSR count). The van der Waals surface area contributed by atoms with Gasteiger partial charge in [-0.2, -0.15) is 0 Å². The number of fused-ring (bicyclic) bond motifs is 7. The van der Waals surface area contributed by atoms with E-state index in [-0.39, 0.29) is 40.2 Å². The Hall–Kier alpha value is -2.43. The average molecular weight is 619 g/mol. The fourth-order valence-electron chi connectivity index (χ4n) is 12.9. The molecule has 1 aromatic carbocycles. The van der Waals surface area contributed by atoms with Crippen LogP contribution in [0.5, 0.6) is 17.2 Å². The summed E-state index contributed by atoms with van der Waals surface area (Å²) < 4.78 is 11.4. The Balaban J connectivity index is 1.21. The maximum absolute atomic E-state index is 13.1. The molecule has 0 aliphatic heterocycles. The molecular formula is C40H58O5. The first-order valence-electron chi connectivity index (χ1n) is 17.7. The van der Waals surface area contributed by atoms with Crippen molar-refractivity contribution in [3.8, 4) is 17.2 Å². The third kappa shape index (κ3) is 4.71. The van der Waals surface area contributed by atoms with E-state index < -0.39 is 0 Å². The molecule has 0 spiro atoms. The molecular weight excluding hydrogens is 560 g/mol. The number of aromatic hydroxyl groups is 2. The molecule has 0 radical (unpaired) electrons. The Labute approximate surface area is 271 Å². The molecule has 5 aliphatic rings. The van der Waals surface area contributed by atoms with Crippen molar-refractivity contribution >= 4 is 12.0 Å². The molecule has 5 fully saturated rings. The number of hydrogen-bond acceptors (Lipinski definition) is 5. The van der Waals surface area contributed by atoms with Crippen molar-refractivity contribution in [1.29, 1.82) is 0 Å². The van der Waals surface area contributed by atoms with Crippen LogP contribution in [0.15, 0.2) is 30.4 Å². The van der Waals surface area contributed by atoms with Crippen molar-refractivity contribution in [3.05, 3.63) is 35.9 Å². The summed E-state index contributed by atoms with van der Waals surface area (Å²) in [5, 5.41) is 20.0. The standard InChI is InChI=1S/C40H58O5/c1-24(2)26-14-17-37(5)20-21-39(7)27(34(26)37)11-12-31-38(6)18-16-32(36(3,4)30(38)15-19-40(31,39)8)45-33(42)13-10-25-22-28(41)35(43)29(23-25)44-9/h10,13,22-23,26-27,30-32,34,41,43H,1,11-12,14-21H2,2-9H3/b13-10+/t26-,27-,30+,31-,32-,34-,37+,38-,39-,40+/m0/s1. The summed E-state index contributed by atoms with van der Waals surface area (Å²) in [6.07, 6.45) is 15.4. The van der Waals surface area contributed by atoms with E-state index in [2.05, 4.69) is 55.0 Å². The quantitative estimate of drug-likeness (QED) is 0.149. The van der Waals surface area contributed by atoms with Crippen molar-refractivity contribution in [2.45, 2.75) is 119 Å². The third-order valence-electron chi connectivity index (χ3n) is 15.4. The number of allylic oxidation sites excluding steroid dienone is 1. The summed E-state index contributed by atoms with van der Waals surface area (Å²) in [6, 6.07) is 2.99. The highest BCUT2D eigenvalue weighted by molar-refractivity contribution is 5.87. The van der Waals surface area contributed by atoms with E-state index in [1.54, 1.807) is 12.1 Å². The minimum absolute atomic E-state index is 0.128. The third-order valence-corrected chi connectivity index (χ3v) is 15.4. The topological polar surface area (TPSA) is 76.0 Å². The van der Waals surface area contributed by atoms with Gasteiger partial charge in [-0.15, -0.1) is 0 Å². The lowest BCUT2D eigenvalue weighted by molar-refractivity contribution is -0.248. The largest absolute Gasteiger partial charge is 0.504 e. The molecule has 0 saturated heterocycles. The lowest BCUT2D eigenvalue weighted by Crippen LogP contribution is -2.66. The highest BCUT2D eigenvalue weighted by Gasteiger charge is 2.70. The lowest BCUT2D eigenvalue weighted by atomic mass is 9.32. The zero-order chi connectivity index (χ0) is 32.7. The normalized spacial score (nSPS) is 43.5.